The fourth-order valence-electron chi connectivity index (χ4n) is 3.13. The van der Waals surface area contributed by atoms with E-state index >= 15 is 0 Å². The first-order valence-corrected chi connectivity index (χ1v) is 10.4. The lowest BCUT2D eigenvalue weighted by molar-refractivity contribution is -0.149. The van der Waals surface area contributed by atoms with E-state index in [0.29, 0.717) is 18.7 Å². The van der Waals surface area contributed by atoms with Crippen LogP contribution in [0, 0.1) is 0 Å². The molecule has 0 fully saturated rings. The van der Waals surface area contributed by atoms with E-state index < -0.39 is 33.7 Å². The molecule has 3 N–H and O–H groups in total. The third kappa shape index (κ3) is 4.32. The van der Waals surface area contributed by atoms with Crippen LogP contribution in [0.2, 0.25) is 10.0 Å². The number of nitrogen functional groups attached to an aromatic ring is 1. The van der Waals surface area contributed by atoms with Crippen molar-refractivity contribution in [1.82, 2.24) is 4.72 Å². The number of sulfonamides is 1. The molecule has 0 radical (unpaired) electrons. The van der Waals surface area contributed by atoms with Crippen molar-refractivity contribution in [2.75, 3.05) is 23.7 Å². The molecule has 1 heterocycles. The summed E-state index contributed by atoms with van der Waals surface area (Å²) in [4.78, 5) is 0.873. The van der Waals surface area contributed by atoms with Gasteiger partial charge in [-0.2, -0.15) is 17.9 Å². The van der Waals surface area contributed by atoms with Gasteiger partial charge in [0.1, 0.15) is 10.9 Å². The van der Waals surface area contributed by atoms with Crippen molar-refractivity contribution in [1.29, 1.82) is 0 Å². The Morgan fingerprint density at radius 3 is 2.54 bits per heavy atom. The highest BCUT2D eigenvalue weighted by molar-refractivity contribution is 7.89. The zero-order chi connectivity index (χ0) is 20.7. The third-order valence-corrected chi connectivity index (χ3v) is 6.60. The highest BCUT2D eigenvalue weighted by Gasteiger charge is 2.44. The van der Waals surface area contributed by atoms with Crippen LogP contribution in [-0.2, 0) is 16.4 Å². The first kappa shape index (κ1) is 21.0. The van der Waals surface area contributed by atoms with E-state index in [-0.39, 0.29) is 15.7 Å². The number of rotatable bonds is 5. The second-order valence-corrected chi connectivity index (χ2v) is 8.84. The molecule has 0 aromatic heterocycles. The van der Waals surface area contributed by atoms with Crippen LogP contribution < -0.4 is 15.4 Å². The van der Waals surface area contributed by atoms with Gasteiger partial charge in [0.15, 0.2) is 0 Å². The van der Waals surface area contributed by atoms with E-state index in [0.717, 1.165) is 17.7 Å². The van der Waals surface area contributed by atoms with Crippen LogP contribution in [0.25, 0.3) is 0 Å². The summed E-state index contributed by atoms with van der Waals surface area (Å²) in [5.74, 6) is 0. The Morgan fingerprint density at radius 2 is 1.89 bits per heavy atom. The summed E-state index contributed by atoms with van der Waals surface area (Å²) in [6, 6.07) is 6.92. The Kier molecular flexibility index (Phi) is 5.73. The number of nitrogens with one attached hydrogen (secondary N) is 1. The number of para-hydroxylation sites is 1. The van der Waals surface area contributed by atoms with Crippen LogP contribution in [0.4, 0.5) is 24.5 Å². The van der Waals surface area contributed by atoms with Gasteiger partial charge in [0.05, 0.1) is 10.7 Å². The number of halogens is 5. The van der Waals surface area contributed by atoms with Crippen LogP contribution >= 0.6 is 23.2 Å². The zero-order valence-electron chi connectivity index (χ0n) is 14.3. The molecule has 0 bridgehead atoms. The van der Waals surface area contributed by atoms with Crippen LogP contribution in [0.3, 0.4) is 0 Å². The Bertz CT molecular complexity index is 976. The molecule has 5 nitrogen and oxygen atoms in total. The van der Waals surface area contributed by atoms with Crippen molar-refractivity contribution >= 4 is 44.6 Å². The highest BCUT2D eigenvalue weighted by atomic mass is 35.5. The van der Waals surface area contributed by atoms with E-state index in [1.54, 1.807) is 22.9 Å². The SMILES string of the molecule is Nc1cc(Cl)cc(Cl)c1S(=O)(=O)NC(CN1CCc2ccccc21)C(F)(F)F. The lowest BCUT2D eigenvalue weighted by Gasteiger charge is -2.28. The van der Waals surface area contributed by atoms with Crippen molar-refractivity contribution in [2.24, 2.45) is 0 Å². The fraction of sp³-hybridized carbons (Fsp3) is 0.294. The Morgan fingerprint density at radius 1 is 1.21 bits per heavy atom. The lowest BCUT2D eigenvalue weighted by atomic mass is 10.2. The van der Waals surface area contributed by atoms with Gasteiger partial charge in [0.2, 0.25) is 10.0 Å². The lowest BCUT2D eigenvalue weighted by Crippen LogP contribution is -2.52. The standard InChI is InChI=1S/C17H16Cl2F3N3O2S/c18-11-7-12(19)16(13(23)8-11)28(26,27)24-15(17(20,21)22)9-25-6-5-10-3-1-2-4-14(10)25/h1-4,7-8,15,24H,5-6,9,23H2. The van der Waals surface area contributed by atoms with E-state index in [2.05, 4.69) is 0 Å². The maximum atomic E-state index is 13.6. The summed E-state index contributed by atoms with van der Waals surface area (Å²) in [5.41, 5.74) is 6.87. The highest BCUT2D eigenvalue weighted by Crippen LogP contribution is 2.34. The topological polar surface area (TPSA) is 75.4 Å². The zero-order valence-corrected chi connectivity index (χ0v) is 16.6. The minimum absolute atomic E-state index is 0.0718. The smallest absolute Gasteiger partial charge is 0.398 e. The van der Waals surface area contributed by atoms with Gasteiger partial charge in [-0.15, -0.1) is 0 Å². The molecule has 3 rings (SSSR count). The molecule has 0 aliphatic carbocycles. The molecule has 1 aliphatic heterocycles. The van der Waals surface area contributed by atoms with E-state index in [1.807, 2.05) is 6.07 Å². The summed E-state index contributed by atoms with van der Waals surface area (Å²) in [6.07, 6.45) is -4.23. The molecule has 11 heteroatoms. The first-order valence-electron chi connectivity index (χ1n) is 8.15. The summed E-state index contributed by atoms with van der Waals surface area (Å²) >= 11 is 11.6. The van der Waals surface area contributed by atoms with Gasteiger partial charge < -0.3 is 10.6 Å². The predicted molar refractivity (Wildman–Crippen MR) is 103 cm³/mol. The predicted octanol–water partition coefficient (Wildman–Crippen LogP) is 3.85. The van der Waals surface area contributed by atoms with Crippen molar-refractivity contribution in [3.8, 4) is 0 Å². The number of alkyl halides is 3. The molecule has 0 spiro atoms. The maximum absolute atomic E-state index is 13.6. The second-order valence-electron chi connectivity index (χ2n) is 6.35. The number of hydrogen-bond donors (Lipinski definition) is 2. The Balaban J connectivity index is 1.90. The molecule has 2 aromatic rings. The molecule has 1 atom stereocenters. The van der Waals surface area contributed by atoms with Gasteiger partial charge in [-0.3, -0.25) is 0 Å². The van der Waals surface area contributed by atoms with Crippen LogP contribution in [-0.4, -0.2) is 33.7 Å². The number of hydrogen-bond acceptors (Lipinski definition) is 4. The Hall–Kier alpha value is -1.68. The largest absolute Gasteiger partial charge is 0.406 e. The summed E-state index contributed by atoms with van der Waals surface area (Å²) in [7, 11) is -4.65. The molecule has 1 aliphatic rings. The van der Waals surface area contributed by atoms with Crippen molar-refractivity contribution in [3.05, 3.63) is 52.0 Å². The molecular weight excluding hydrogens is 438 g/mol. The van der Waals surface area contributed by atoms with Gasteiger partial charge in [0, 0.05) is 23.8 Å². The average molecular weight is 454 g/mol. The summed E-state index contributed by atoms with van der Waals surface area (Å²) < 4.78 is 67.8. The summed E-state index contributed by atoms with van der Waals surface area (Å²) in [6.45, 7) is -0.220. The molecule has 2 aromatic carbocycles. The van der Waals surface area contributed by atoms with Gasteiger partial charge in [-0.25, -0.2) is 8.42 Å². The molecule has 28 heavy (non-hydrogen) atoms. The number of nitrogens with zero attached hydrogens (tertiary/aromatic N) is 1. The van der Waals surface area contributed by atoms with Gasteiger partial charge in [0.25, 0.3) is 0 Å². The van der Waals surface area contributed by atoms with Gasteiger partial charge in [-0.05, 0) is 30.2 Å². The minimum atomic E-state index is -4.82. The summed E-state index contributed by atoms with van der Waals surface area (Å²) in [5, 5.41) is -0.285. The van der Waals surface area contributed by atoms with Gasteiger partial charge in [-0.1, -0.05) is 41.4 Å². The molecule has 1 unspecified atom stereocenters. The number of nitrogens with two attached hydrogens (primary N) is 1. The van der Waals surface area contributed by atoms with Gasteiger partial charge >= 0.3 is 6.18 Å². The number of fused-ring (bicyclic) bond motifs is 1. The molecule has 0 saturated heterocycles. The Labute approximate surface area is 170 Å². The molecule has 0 saturated carbocycles. The van der Waals surface area contributed by atoms with Crippen molar-refractivity contribution in [2.45, 2.75) is 23.5 Å². The van der Waals surface area contributed by atoms with Crippen molar-refractivity contribution < 1.29 is 21.6 Å². The third-order valence-electron chi connectivity index (χ3n) is 4.38. The van der Waals surface area contributed by atoms with Crippen molar-refractivity contribution in [3.63, 3.8) is 0 Å². The quantitative estimate of drug-likeness (QED) is 0.674. The van der Waals surface area contributed by atoms with E-state index in [1.165, 1.54) is 4.90 Å². The minimum Gasteiger partial charge on any atom is -0.398 e. The first-order chi connectivity index (χ1) is 13.0. The monoisotopic (exact) mass is 453 g/mol. The van der Waals surface area contributed by atoms with Crippen LogP contribution in [0.1, 0.15) is 5.56 Å². The average Bonchev–Trinajstić information content (AvgIpc) is 2.95. The van der Waals surface area contributed by atoms with Crippen LogP contribution in [0.5, 0.6) is 0 Å². The molecule has 152 valence electrons. The van der Waals surface area contributed by atoms with Crippen LogP contribution in [0.15, 0.2) is 41.3 Å². The fourth-order valence-corrected chi connectivity index (χ4v) is 5.33. The number of anilines is 2. The molecular formula is C17H16Cl2F3N3O2S. The number of benzene rings is 2. The maximum Gasteiger partial charge on any atom is 0.406 e. The second kappa shape index (κ2) is 7.62. The van der Waals surface area contributed by atoms with E-state index in [9.17, 15) is 21.6 Å². The van der Waals surface area contributed by atoms with E-state index in [4.69, 9.17) is 28.9 Å². The normalized spacial score (nSPS) is 15.5. The molecule has 0 amide bonds.